The number of pyridine rings is 1. The molecular weight excluding hydrogens is 262 g/mol. The van der Waals surface area contributed by atoms with Gasteiger partial charge in [-0.1, -0.05) is 24.3 Å². The van der Waals surface area contributed by atoms with E-state index in [1.807, 2.05) is 43.3 Å². The molecule has 4 nitrogen and oxygen atoms in total. The number of nitrogens with one attached hydrogen (secondary N) is 1. The van der Waals surface area contributed by atoms with E-state index in [-0.39, 0.29) is 0 Å². The van der Waals surface area contributed by atoms with E-state index in [0.717, 1.165) is 28.1 Å². The zero-order chi connectivity index (χ0) is 14.8. The van der Waals surface area contributed by atoms with Gasteiger partial charge in [0.05, 0.1) is 5.56 Å². The van der Waals surface area contributed by atoms with Gasteiger partial charge in [-0.3, -0.25) is 9.78 Å². The molecule has 0 saturated heterocycles. The van der Waals surface area contributed by atoms with Crippen molar-refractivity contribution in [3.63, 3.8) is 0 Å². The smallest absolute Gasteiger partial charge is 0.250 e. The first-order chi connectivity index (χ1) is 10.1. The summed E-state index contributed by atoms with van der Waals surface area (Å²) >= 11 is 0. The van der Waals surface area contributed by atoms with Gasteiger partial charge in [0.25, 0.3) is 5.91 Å². The van der Waals surface area contributed by atoms with Gasteiger partial charge in [0.15, 0.2) is 0 Å². The number of carbonyl (C=O) groups is 1. The summed E-state index contributed by atoms with van der Waals surface area (Å²) in [6, 6.07) is 13.9. The molecule has 0 bridgehead atoms. The zero-order valence-corrected chi connectivity index (χ0v) is 11.6. The van der Waals surface area contributed by atoms with E-state index in [2.05, 4.69) is 9.97 Å². The predicted molar refractivity (Wildman–Crippen MR) is 82.7 cm³/mol. The van der Waals surface area contributed by atoms with Crippen molar-refractivity contribution in [2.24, 2.45) is 5.73 Å². The third-order valence-electron chi connectivity index (χ3n) is 3.49. The number of hydrogen-bond acceptors (Lipinski definition) is 2. The number of H-pyrrole nitrogens is 1. The molecule has 2 aromatic heterocycles. The summed E-state index contributed by atoms with van der Waals surface area (Å²) < 4.78 is 0. The number of hydrogen-bond donors (Lipinski definition) is 2. The van der Waals surface area contributed by atoms with E-state index in [1.54, 1.807) is 18.5 Å². The van der Waals surface area contributed by atoms with Gasteiger partial charge in [0, 0.05) is 23.8 Å². The van der Waals surface area contributed by atoms with Crippen LogP contribution in [0.3, 0.4) is 0 Å². The highest BCUT2D eigenvalue weighted by Gasteiger charge is 2.10. The Morgan fingerprint density at radius 1 is 1.00 bits per heavy atom. The van der Waals surface area contributed by atoms with Crippen molar-refractivity contribution < 1.29 is 4.79 Å². The summed E-state index contributed by atoms with van der Waals surface area (Å²) in [6.45, 7) is 1.84. The number of primary amides is 1. The molecular formula is C17H15N3O. The van der Waals surface area contributed by atoms with Gasteiger partial charge in [-0.05, 0) is 41.8 Å². The van der Waals surface area contributed by atoms with Crippen LogP contribution < -0.4 is 5.73 Å². The number of amides is 1. The van der Waals surface area contributed by atoms with E-state index < -0.39 is 5.91 Å². The highest BCUT2D eigenvalue weighted by Crippen LogP contribution is 2.25. The van der Waals surface area contributed by atoms with Crippen LogP contribution >= 0.6 is 0 Å². The molecule has 1 amide bonds. The third-order valence-corrected chi connectivity index (χ3v) is 3.49. The van der Waals surface area contributed by atoms with Gasteiger partial charge in [-0.25, -0.2) is 0 Å². The minimum absolute atomic E-state index is 0.414. The largest absolute Gasteiger partial charge is 0.366 e. The molecule has 0 spiro atoms. The number of aromatic amines is 1. The topological polar surface area (TPSA) is 71.8 Å². The number of benzene rings is 1. The van der Waals surface area contributed by atoms with Crippen molar-refractivity contribution in [1.29, 1.82) is 0 Å². The molecule has 4 heteroatoms. The van der Waals surface area contributed by atoms with Crippen molar-refractivity contribution >= 4 is 5.91 Å². The van der Waals surface area contributed by atoms with Crippen LogP contribution in [0.25, 0.3) is 22.4 Å². The Bertz CT molecular complexity index is 774. The van der Waals surface area contributed by atoms with Crippen LogP contribution in [0, 0.1) is 6.92 Å². The van der Waals surface area contributed by atoms with Gasteiger partial charge in [0.1, 0.15) is 0 Å². The van der Waals surface area contributed by atoms with E-state index in [9.17, 15) is 4.79 Å². The van der Waals surface area contributed by atoms with Crippen LogP contribution in [0.4, 0.5) is 0 Å². The average molecular weight is 277 g/mol. The fourth-order valence-corrected chi connectivity index (χ4v) is 2.36. The minimum atomic E-state index is -0.414. The van der Waals surface area contributed by atoms with Crippen LogP contribution in [0.2, 0.25) is 0 Å². The molecule has 3 N–H and O–H groups in total. The lowest BCUT2D eigenvalue weighted by atomic mass is 10.0. The average Bonchev–Trinajstić information content (AvgIpc) is 2.90. The van der Waals surface area contributed by atoms with Crippen LogP contribution in [0.15, 0.2) is 54.9 Å². The molecule has 0 aliphatic rings. The molecule has 0 radical (unpaired) electrons. The maximum Gasteiger partial charge on any atom is 0.250 e. The summed E-state index contributed by atoms with van der Waals surface area (Å²) in [5, 5.41) is 0. The molecule has 0 fully saturated rings. The van der Waals surface area contributed by atoms with Crippen molar-refractivity contribution in [2.75, 3.05) is 0 Å². The van der Waals surface area contributed by atoms with Crippen LogP contribution in [0.5, 0.6) is 0 Å². The number of rotatable bonds is 3. The molecule has 104 valence electrons. The molecule has 0 unspecified atom stereocenters. The Kier molecular flexibility index (Phi) is 3.28. The van der Waals surface area contributed by atoms with Gasteiger partial charge in [0.2, 0.25) is 0 Å². The van der Waals surface area contributed by atoms with E-state index in [4.69, 9.17) is 5.73 Å². The standard InChI is InChI=1S/C17H15N3O/c1-11-15(17(18)21)10-16(20-11)14-4-2-12(3-5-14)13-6-8-19-9-7-13/h2-10,20H,1H3,(H2,18,21). The monoisotopic (exact) mass is 277 g/mol. The first-order valence-electron chi connectivity index (χ1n) is 6.65. The number of aromatic nitrogens is 2. The third kappa shape index (κ3) is 2.56. The van der Waals surface area contributed by atoms with Gasteiger partial charge in [-0.2, -0.15) is 0 Å². The van der Waals surface area contributed by atoms with E-state index in [0.29, 0.717) is 5.56 Å². The minimum Gasteiger partial charge on any atom is -0.366 e. The fourth-order valence-electron chi connectivity index (χ4n) is 2.36. The zero-order valence-electron chi connectivity index (χ0n) is 11.6. The Hall–Kier alpha value is -2.88. The van der Waals surface area contributed by atoms with Gasteiger partial charge >= 0.3 is 0 Å². The summed E-state index contributed by atoms with van der Waals surface area (Å²) in [7, 11) is 0. The molecule has 3 rings (SSSR count). The van der Waals surface area contributed by atoms with Crippen molar-refractivity contribution in [2.45, 2.75) is 6.92 Å². The Balaban J connectivity index is 1.94. The lowest BCUT2D eigenvalue weighted by molar-refractivity contribution is 0.1000. The summed E-state index contributed by atoms with van der Waals surface area (Å²) in [4.78, 5) is 18.5. The highest BCUT2D eigenvalue weighted by atomic mass is 16.1. The Labute approximate surface area is 122 Å². The SMILES string of the molecule is Cc1[nH]c(-c2ccc(-c3ccncc3)cc2)cc1C(N)=O. The molecule has 21 heavy (non-hydrogen) atoms. The summed E-state index contributed by atoms with van der Waals surface area (Å²) in [5.74, 6) is -0.414. The normalized spacial score (nSPS) is 10.5. The summed E-state index contributed by atoms with van der Waals surface area (Å²) in [6.07, 6.45) is 3.55. The number of carbonyl (C=O) groups excluding carboxylic acids is 1. The van der Waals surface area contributed by atoms with Gasteiger partial charge < -0.3 is 10.7 Å². The molecule has 0 aliphatic heterocycles. The van der Waals surface area contributed by atoms with Crippen molar-refractivity contribution in [3.8, 4) is 22.4 Å². The lowest BCUT2D eigenvalue weighted by Crippen LogP contribution is -2.10. The van der Waals surface area contributed by atoms with Crippen LogP contribution in [-0.4, -0.2) is 15.9 Å². The molecule has 0 aliphatic carbocycles. The second-order valence-electron chi connectivity index (χ2n) is 4.90. The number of nitrogens with two attached hydrogens (primary N) is 1. The fraction of sp³-hybridized carbons (Fsp3) is 0.0588. The maximum atomic E-state index is 11.3. The number of aryl methyl sites for hydroxylation is 1. The number of nitrogens with zero attached hydrogens (tertiary/aromatic N) is 1. The maximum absolute atomic E-state index is 11.3. The first-order valence-corrected chi connectivity index (χ1v) is 6.65. The Morgan fingerprint density at radius 3 is 2.14 bits per heavy atom. The van der Waals surface area contributed by atoms with Gasteiger partial charge in [-0.15, -0.1) is 0 Å². The quantitative estimate of drug-likeness (QED) is 0.772. The molecule has 1 aromatic carbocycles. The van der Waals surface area contributed by atoms with Crippen LogP contribution in [0.1, 0.15) is 16.1 Å². The van der Waals surface area contributed by atoms with Crippen molar-refractivity contribution in [3.05, 3.63) is 66.1 Å². The van der Waals surface area contributed by atoms with E-state index >= 15 is 0 Å². The van der Waals surface area contributed by atoms with E-state index in [1.165, 1.54) is 0 Å². The second-order valence-corrected chi connectivity index (χ2v) is 4.90. The summed E-state index contributed by atoms with van der Waals surface area (Å²) in [5.41, 5.74) is 10.8. The molecule has 0 atom stereocenters. The van der Waals surface area contributed by atoms with Crippen molar-refractivity contribution in [1.82, 2.24) is 9.97 Å². The Morgan fingerprint density at radius 2 is 1.57 bits per heavy atom. The molecule has 0 saturated carbocycles. The first kappa shape index (κ1) is 13.1. The highest BCUT2D eigenvalue weighted by molar-refractivity contribution is 5.95. The molecule has 3 aromatic rings. The predicted octanol–water partition coefficient (Wildman–Crippen LogP) is 3.15. The molecule has 2 heterocycles. The second kappa shape index (κ2) is 5.25. The van der Waals surface area contributed by atoms with Crippen LogP contribution in [-0.2, 0) is 0 Å². The lowest BCUT2D eigenvalue weighted by Gasteiger charge is -2.03.